The molecule has 7 heteroatoms. The molecule has 0 spiro atoms. The summed E-state index contributed by atoms with van der Waals surface area (Å²) in [5.41, 5.74) is 1.79. The lowest BCUT2D eigenvalue weighted by molar-refractivity contribution is 0.408. The molecule has 0 aliphatic carbocycles. The van der Waals surface area contributed by atoms with Gasteiger partial charge >= 0.3 is 0 Å². The fourth-order valence-corrected chi connectivity index (χ4v) is 2.17. The van der Waals surface area contributed by atoms with Gasteiger partial charge in [0.05, 0.1) is 30.6 Å². The van der Waals surface area contributed by atoms with Gasteiger partial charge in [0, 0.05) is 6.07 Å². The molecule has 0 radical (unpaired) electrons. The van der Waals surface area contributed by atoms with Crippen molar-refractivity contribution < 1.29 is 9.26 Å². The monoisotopic (exact) mass is 278 g/mol. The second-order valence-electron chi connectivity index (χ2n) is 3.95. The van der Waals surface area contributed by atoms with Gasteiger partial charge in [0.15, 0.2) is 5.82 Å². The summed E-state index contributed by atoms with van der Waals surface area (Å²) in [6.45, 7) is 0.461. The van der Waals surface area contributed by atoms with Crippen molar-refractivity contribution in [3.8, 4) is 5.75 Å². The number of aromatic nitrogens is 4. The van der Waals surface area contributed by atoms with Crippen LogP contribution in [0.1, 0.15) is 11.6 Å². The van der Waals surface area contributed by atoms with Crippen LogP contribution in [0.4, 0.5) is 0 Å². The number of methoxy groups -OCH3 is 1. The van der Waals surface area contributed by atoms with Crippen LogP contribution >= 0.6 is 11.6 Å². The number of rotatable bonds is 4. The van der Waals surface area contributed by atoms with Crippen molar-refractivity contribution in [1.82, 2.24) is 19.7 Å². The van der Waals surface area contributed by atoms with E-state index in [1.54, 1.807) is 7.11 Å². The first-order valence-electron chi connectivity index (χ1n) is 5.66. The first-order valence-corrected chi connectivity index (χ1v) is 6.19. The van der Waals surface area contributed by atoms with Crippen LogP contribution in [0.3, 0.4) is 0 Å². The lowest BCUT2D eigenvalue weighted by Crippen LogP contribution is -2.05. The molecule has 2 aromatic heterocycles. The van der Waals surface area contributed by atoms with E-state index < -0.39 is 0 Å². The van der Waals surface area contributed by atoms with Crippen molar-refractivity contribution in [3.63, 3.8) is 0 Å². The molecule has 3 aromatic rings. The fourth-order valence-electron chi connectivity index (χ4n) is 1.96. The minimum atomic E-state index is 0.314. The molecule has 98 valence electrons. The Morgan fingerprint density at radius 2 is 2.32 bits per heavy atom. The highest BCUT2D eigenvalue weighted by atomic mass is 35.5. The lowest BCUT2D eigenvalue weighted by atomic mass is 10.3. The van der Waals surface area contributed by atoms with E-state index in [-0.39, 0.29) is 0 Å². The van der Waals surface area contributed by atoms with Gasteiger partial charge in [-0.15, -0.1) is 11.6 Å². The normalized spacial score (nSPS) is 11.1. The summed E-state index contributed by atoms with van der Waals surface area (Å²) in [4.78, 5) is 8.49. The molecule has 0 saturated heterocycles. The Labute approximate surface area is 114 Å². The second-order valence-corrected chi connectivity index (χ2v) is 4.22. The topological polar surface area (TPSA) is 66.0 Å². The molecule has 0 saturated carbocycles. The summed E-state index contributed by atoms with van der Waals surface area (Å²) < 4.78 is 11.9. The first-order chi connectivity index (χ1) is 9.31. The zero-order valence-corrected chi connectivity index (χ0v) is 11.0. The van der Waals surface area contributed by atoms with Gasteiger partial charge in [-0.2, -0.15) is 4.98 Å². The van der Waals surface area contributed by atoms with E-state index >= 15 is 0 Å². The Balaban J connectivity index is 2.13. The Morgan fingerprint density at radius 3 is 3.00 bits per heavy atom. The molecule has 0 bridgehead atoms. The van der Waals surface area contributed by atoms with E-state index in [1.165, 1.54) is 6.39 Å². The van der Waals surface area contributed by atoms with E-state index in [1.807, 2.05) is 22.8 Å². The number of halogens is 1. The quantitative estimate of drug-likeness (QED) is 0.685. The number of alkyl halides is 1. The molecule has 0 aliphatic heterocycles. The Kier molecular flexibility index (Phi) is 3.08. The van der Waals surface area contributed by atoms with Crippen LogP contribution < -0.4 is 4.74 Å². The maximum Gasteiger partial charge on any atom is 0.213 e. The van der Waals surface area contributed by atoms with Gasteiger partial charge in [-0.25, -0.2) is 4.98 Å². The fraction of sp³-hybridized carbons (Fsp3) is 0.250. The van der Waals surface area contributed by atoms with Crippen LogP contribution in [0.15, 0.2) is 29.1 Å². The molecule has 0 unspecified atom stereocenters. The summed E-state index contributed by atoms with van der Waals surface area (Å²) >= 11 is 5.94. The third kappa shape index (κ3) is 2.15. The van der Waals surface area contributed by atoms with E-state index in [0.29, 0.717) is 18.2 Å². The molecule has 2 heterocycles. The lowest BCUT2D eigenvalue weighted by Gasteiger charge is -2.05. The zero-order chi connectivity index (χ0) is 13.2. The summed E-state index contributed by atoms with van der Waals surface area (Å²) in [6.07, 6.45) is 1.30. The minimum absolute atomic E-state index is 0.314. The predicted octanol–water partition coefficient (Wildman–Crippen LogP) is 2.21. The van der Waals surface area contributed by atoms with Crippen molar-refractivity contribution in [2.75, 3.05) is 7.11 Å². The van der Waals surface area contributed by atoms with Crippen molar-refractivity contribution >= 4 is 22.6 Å². The third-order valence-electron chi connectivity index (χ3n) is 2.86. The largest absolute Gasteiger partial charge is 0.497 e. The molecule has 0 atom stereocenters. The van der Waals surface area contributed by atoms with Crippen LogP contribution in [0.25, 0.3) is 11.0 Å². The average molecular weight is 279 g/mol. The van der Waals surface area contributed by atoms with Crippen LogP contribution in [0.5, 0.6) is 5.75 Å². The van der Waals surface area contributed by atoms with E-state index in [0.717, 1.165) is 22.6 Å². The van der Waals surface area contributed by atoms with Gasteiger partial charge in [-0.1, -0.05) is 5.16 Å². The minimum Gasteiger partial charge on any atom is -0.497 e. The number of imidazole rings is 1. The van der Waals surface area contributed by atoms with Gasteiger partial charge in [0.25, 0.3) is 0 Å². The number of fused-ring (bicyclic) bond motifs is 1. The van der Waals surface area contributed by atoms with Crippen molar-refractivity contribution in [3.05, 3.63) is 36.2 Å². The number of hydrogen-bond acceptors (Lipinski definition) is 5. The number of benzene rings is 1. The van der Waals surface area contributed by atoms with E-state index in [9.17, 15) is 0 Å². The van der Waals surface area contributed by atoms with E-state index in [2.05, 4.69) is 15.1 Å². The Morgan fingerprint density at radius 1 is 1.42 bits per heavy atom. The number of ether oxygens (including phenoxy) is 1. The predicted molar refractivity (Wildman–Crippen MR) is 69.2 cm³/mol. The van der Waals surface area contributed by atoms with E-state index in [4.69, 9.17) is 20.9 Å². The summed E-state index contributed by atoms with van der Waals surface area (Å²) in [6, 6.07) is 5.68. The van der Waals surface area contributed by atoms with Crippen LogP contribution in [-0.4, -0.2) is 26.8 Å². The highest BCUT2D eigenvalue weighted by Crippen LogP contribution is 2.23. The average Bonchev–Trinajstić information content (AvgIpc) is 3.07. The van der Waals surface area contributed by atoms with Crippen LogP contribution in [0, 0.1) is 0 Å². The molecule has 1 aromatic carbocycles. The van der Waals surface area contributed by atoms with Crippen molar-refractivity contribution in [1.29, 1.82) is 0 Å². The first kappa shape index (κ1) is 12.0. The third-order valence-corrected chi connectivity index (χ3v) is 3.10. The molecule has 0 N–H and O–H groups in total. The summed E-state index contributed by atoms with van der Waals surface area (Å²) in [7, 11) is 1.63. The smallest absolute Gasteiger partial charge is 0.213 e. The standard InChI is InChI=1S/C12H11ClN4O2/c1-18-8-2-3-9-10(4-8)17(12(5-13)15-9)6-11-14-7-19-16-11/h2-4,7H,5-6H2,1H3. The van der Waals surface area contributed by atoms with Gasteiger partial charge in [-0.3, -0.25) is 0 Å². The highest BCUT2D eigenvalue weighted by Gasteiger charge is 2.13. The molecular weight excluding hydrogens is 268 g/mol. The maximum atomic E-state index is 5.94. The van der Waals surface area contributed by atoms with Gasteiger partial charge < -0.3 is 13.8 Å². The zero-order valence-electron chi connectivity index (χ0n) is 10.2. The molecule has 6 nitrogen and oxygen atoms in total. The van der Waals surface area contributed by atoms with Gasteiger partial charge in [0.1, 0.15) is 11.6 Å². The maximum absolute atomic E-state index is 5.94. The highest BCUT2D eigenvalue weighted by molar-refractivity contribution is 6.16. The molecule has 0 aliphatic rings. The molecule has 19 heavy (non-hydrogen) atoms. The van der Waals surface area contributed by atoms with Gasteiger partial charge in [0.2, 0.25) is 6.39 Å². The summed E-state index contributed by atoms with van der Waals surface area (Å²) in [5, 5.41) is 3.81. The SMILES string of the molecule is COc1ccc2nc(CCl)n(Cc3ncon3)c2c1. The summed E-state index contributed by atoms with van der Waals surface area (Å²) in [5.74, 6) is 2.42. The molecule has 0 fully saturated rings. The second kappa shape index (κ2) is 4.89. The Bertz CT molecular complexity index is 693. The van der Waals surface area contributed by atoms with Crippen molar-refractivity contribution in [2.24, 2.45) is 0 Å². The number of hydrogen-bond donors (Lipinski definition) is 0. The van der Waals surface area contributed by atoms with Crippen molar-refractivity contribution in [2.45, 2.75) is 12.4 Å². The van der Waals surface area contributed by atoms with Gasteiger partial charge in [-0.05, 0) is 12.1 Å². The Hall–Kier alpha value is -2.08. The molecule has 3 rings (SSSR count). The molecular formula is C12H11ClN4O2. The molecule has 0 amide bonds. The number of nitrogens with zero attached hydrogens (tertiary/aromatic N) is 4. The van der Waals surface area contributed by atoms with Crippen LogP contribution in [0.2, 0.25) is 0 Å². The van der Waals surface area contributed by atoms with Crippen LogP contribution in [-0.2, 0) is 12.4 Å².